The monoisotopic (exact) mass is 250 g/mol. The van der Waals surface area contributed by atoms with Crippen LogP contribution in [0.5, 0.6) is 0 Å². The van der Waals surface area contributed by atoms with Crippen molar-refractivity contribution in [2.45, 2.75) is 0 Å². The molecule has 2 aromatic rings. The summed E-state index contributed by atoms with van der Waals surface area (Å²) < 4.78 is 1.81. The number of nitrogens with one attached hydrogen (secondary N) is 1. The van der Waals surface area contributed by atoms with Crippen molar-refractivity contribution < 1.29 is 9.59 Å². The van der Waals surface area contributed by atoms with E-state index in [2.05, 4.69) is 5.32 Å². The summed E-state index contributed by atoms with van der Waals surface area (Å²) in [5.74, 6) is -0.608. The highest BCUT2D eigenvalue weighted by atomic mass is 32.1. The van der Waals surface area contributed by atoms with Crippen molar-refractivity contribution in [3.05, 3.63) is 36.2 Å². The highest BCUT2D eigenvalue weighted by molar-refractivity contribution is 7.19. The number of urea groups is 1. The Balaban J connectivity index is 2.44. The van der Waals surface area contributed by atoms with Crippen molar-refractivity contribution in [1.82, 2.24) is 4.57 Å². The molecule has 6 nitrogen and oxygen atoms in total. The molecule has 0 fully saturated rings. The fourth-order valence-corrected chi connectivity index (χ4v) is 2.41. The summed E-state index contributed by atoms with van der Waals surface area (Å²) in [5.41, 5.74) is 10.5. The third-order valence-electron chi connectivity index (χ3n) is 2.08. The average molecular weight is 250 g/mol. The van der Waals surface area contributed by atoms with Gasteiger partial charge in [0.2, 0.25) is 0 Å². The highest BCUT2D eigenvalue weighted by Crippen LogP contribution is 2.30. The van der Waals surface area contributed by atoms with Gasteiger partial charge in [0, 0.05) is 12.4 Å². The Bertz CT molecular complexity index is 559. The van der Waals surface area contributed by atoms with Crippen LogP contribution in [0.25, 0.3) is 5.00 Å². The van der Waals surface area contributed by atoms with Crippen molar-refractivity contribution in [3.63, 3.8) is 0 Å². The maximum absolute atomic E-state index is 11.2. The van der Waals surface area contributed by atoms with Gasteiger partial charge in [0.15, 0.2) is 0 Å². The van der Waals surface area contributed by atoms with Crippen molar-refractivity contribution >= 4 is 28.3 Å². The van der Waals surface area contributed by atoms with Gasteiger partial charge in [-0.15, -0.1) is 0 Å². The van der Waals surface area contributed by atoms with E-state index < -0.39 is 11.9 Å². The van der Waals surface area contributed by atoms with E-state index in [0.717, 1.165) is 5.00 Å². The number of carbonyl (C=O) groups excluding carboxylic acids is 2. The number of carbonyl (C=O) groups is 2. The Kier molecular flexibility index (Phi) is 2.84. The van der Waals surface area contributed by atoms with Gasteiger partial charge >= 0.3 is 6.03 Å². The molecule has 88 valence electrons. The first kappa shape index (κ1) is 11.2. The topological polar surface area (TPSA) is 103 Å². The molecule has 0 atom stereocenters. The van der Waals surface area contributed by atoms with E-state index in [1.807, 2.05) is 29.1 Å². The van der Waals surface area contributed by atoms with Gasteiger partial charge in [-0.25, -0.2) is 4.79 Å². The predicted octanol–water partition coefficient (Wildman–Crippen LogP) is 1.13. The van der Waals surface area contributed by atoms with Gasteiger partial charge < -0.3 is 16.0 Å². The smallest absolute Gasteiger partial charge is 0.317 e. The normalized spacial score (nSPS) is 10.1. The molecule has 0 unspecified atom stereocenters. The molecule has 0 saturated carbocycles. The van der Waals surface area contributed by atoms with Gasteiger partial charge in [-0.05, 0) is 18.2 Å². The number of hydrogen-bond donors (Lipinski definition) is 3. The molecule has 5 N–H and O–H groups in total. The molecule has 0 spiro atoms. The lowest BCUT2D eigenvalue weighted by Gasteiger charge is -1.98. The van der Waals surface area contributed by atoms with Crippen LogP contribution in [0.2, 0.25) is 0 Å². The first-order chi connectivity index (χ1) is 8.08. The van der Waals surface area contributed by atoms with Crippen LogP contribution in [-0.2, 0) is 0 Å². The lowest BCUT2D eigenvalue weighted by Crippen LogP contribution is -2.21. The van der Waals surface area contributed by atoms with Gasteiger partial charge in [0.05, 0.1) is 5.56 Å². The molecule has 3 amide bonds. The van der Waals surface area contributed by atoms with Gasteiger partial charge in [-0.3, -0.25) is 10.1 Å². The molecule has 0 saturated heterocycles. The second-order valence-electron chi connectivity index (χ2n) is 3.27. The number of hydrogen-bond acceptors (Lipinski definition) is 3. The second-order valence-corrected chi connectivity index (χ2v) is 4.30. The number of anilines is 1. The summed E-state index contributed by atoms with van der Waals surface area (Å²) in [6.45, 7) is 0. The van der Waals surface area contributed by atoms with Crippen LogP contribution < -0.4 is 16.8 Å². The minimum Gasteiger partial charge on any atom is -0.366 e. The second kappa shape index (κ2) is 4.30. The van der Waals surface area contributed by atoms with Crippen molar-refractivity contribution in [2.75, 3.05) is 5.32 Å². The zero-order valence-electron chi connectivity index (χ0n) is 8.71. The van der Waals surface area contributed by atoms with Gasteiger partial charge in [-0.2, -0.15) is 0 Å². The summed E-state index contributed by atoms with van der Waals surface area (Å²) >= 11 is 1.22. The number of nitrogens with two attached hydrogens (primary N) is 2. The number of nitrogens with zero attached hydrogens (tertiary/aromatic N) is 1. The SMILES string of the molecule is NC(=O)Nc1sc(-n2cccc2)cc1C(N)=O. The maximum atomic E-state index is 11.2. The van der Waals surface area contributed by atoms with E-state index in [9.17, 15) is 9.59 Å². The van der Waals surface area contributed by atoms with Crippen molar-refractivity contribution in [1.29, 1.82) is 0 Å². The summed E-state index contributed by atoms with van der Waals surface area (Å²) in [4.78, 5) is 22.0. The Morgan fingerprint density at radius 2 is 1.88 bits per heavy atom. The standard InChI is InChI=1S/C10H10N4O2S/c11-8(15)6-5-7(14-3-1-2-4-14)17-9(6)13-10(12)16/h1-5H,(H2,11,15)(H3,12,13,16). The zero-order valence-corrected chi connectivity index (χ0v) is 9.53. The van der Waals surface area contributed by atoms with E-state index in [4.69, 9.17) is 11.5 Å². The fourth-order valence-electron chi connectivity index (χ4n) is 1.37. The molecule has 17 heavy (non-hydrogen) atoms. The number of rotatable bonds is 3. The molecule has 0 aliphatic carbocycles. The van der Waals surface area contributed by atoms with E-state index in [-0.39, 0.29) is 5.56 Å². The van der Waals surface area contributed by atoms with Crippen LogP contribution in [0, 0.1) is 0 Å². The summed E-state index contributed by atoms with van der Waals surface area (Å²) in [6.07, 6.45) is 3.65. The zero-order chi connectivity index (χ0) is 12.4. The molecule has 2 rings (SSSR count). The average Bonchev–Trinajstić information content (AvgIpc) is 2.82. The van der Waals surface area contributed by atoms with Crippen LogP contribution in [0.3, 0.4) is 0 Å². The molecule has 7 heteroatoms. The van der Waals surface area contributed by atoms with Crippen molar-refractivity contribution in [3.8, 4) is 5.00 Å². The van der Waals surface area contributed by atoms with E-state index >= 15 is 0 Å². The quantitative estimate of drug-likeness (QED) is 0.760. The third kappa shape index (κ3) is 2.28. The molecule has 0 aromatic carbocycles. The minimum atomic E-state index is -0.728. The Morgan fingerprint density at radius 1 is 1.24 bits per heavy atom. The van der Waals surface area contributed by atoms with E-state index in [1.165, 1.54) is 11.3 Å². The molecule has 0 aliphatic heterocycles. The Labute approximate surface area is 101 Å². The number of thiophene rings is 1. The summed E-state index contributed by atoms with van der Waals surface area (Å²) in [5, 5.41) is 3.51. The molecular weight excluding hydrogens is 240 g/mol. The van der Waals surface area contributed by atoms with Crippen molar-refractivity contribution in [2.24, 2.45) is 11.5 Å². The van der Waals surface area contributed by atoms with Crippen LogP contribution in [0.4, 0.5) is 9.80 Å². The third-order valence-corrected chi connectivity index (χ3v) is 3.14. The van der Waals surface area contributed by atoms with E-state index in [1.54, 1.807) is 6.07 Å². The maximum Gasteiger partial charge on any atom is 0.317 e. The first-order valence-electron chi connectivity index (χ1n) is 4.71. The molecule has 0 radical (unpaired) electrons. The Morgan fingerprint density at radius 3 is 2.41 bits per heavy atom. The Hall–Kier alpha value is -2.28. The summed E-state index contributed by atoms with van der Waals surface area (Å²) in [7, 11) is 0. The largest absolute Gasteiger partial charge is 0.366 e. The number of amides is 3. The number of aromatic nitrogens is 1. The van der Waals surface area contributed by atoms with Crippen LogP contribution in [-0.4, -0.2) is 16.5 Å². The lowest BCUT2D eigenvalue weighted by molar-refractivity contribution is 0.100. The van der Waals surface area contributed by atoms with Gasteiger partial charge in [0.25, 0.3) is 5.91 Å². The molecule has 0 bridgehead atoms. The fraction of sp³-hybridized carbons (Fsp3) is 0. The molecule has 2 aromatic heterocycles. The minimum absolute atomic E-state index is 0.248. The van der Waals surface area contributed by atoms with Crippen LogP contribution in [0.1, 0.15) is 10.4 Å². The molecule has 0 aliphatic rings. The molecule has 2 heterocycles. The summed E-state index contributed by atoms with van der Waals surface area (Å²) in [6, 6.07) is 4.59. The first-order valence-corrected chi connectivity index (χ1v) is 5.53. The van der Waals surface area contributed by atoms with Gasteiger partial charge in [0.1, 0.15) is 10.0 Å². The molecular formula is C10H10N4O2S. The van der Waals surface area contributed by atoms with Gasteiger partial charge in [-0.1, -0.05) is 11.3 Å². The lowest BCUT2D eigenvalue weighted by atomic mass is 10.3. The number of primary amides is 2. The predicted molar refractivity (Wildman–Crippen MR) is 65.4 cm³/mol. The van der Waals surface area contributed by atoms with E-state index in [0.29, 0.717) is 5.00 Å². The van der Waals surface area contributed by atoms with Crippen LogP contribution in [0.15, 0.2) is 30.6 Å². The van der Waals surface area contributed by atoms with Crippen LogP contribution >= 0.6 is 11.3 Å². The highest BCUT2D eigenvalue weighted by Gasteiger charge is 2.15.